The highest BCUT2D eigenvalue weighted by molar-refractivity contribution is 7.95. The highest BCUT2D eigenvalue weighted by Gasteiger charge is 2.32. The minimum Gasteiger partial charge on any atom is -0.497 e. The molecule has 0 radical (unpaired) electrons. The average molecular weight is 404 g/mol. The van der Waals surface area contributed by atoms with Gasteiger partial charge in [-0.05, 0) is 78.4 Å². The number of ether oxygens (including phenoxy) is 1. The van der Waals surface area contributed by atoms with Crippen molar-refractivity contribution in [3.05, 3.63) is 88.5 Å². The van der Waals surface area contributed by atoms with Gasteiger partial charge in [0, 0.05) is 24.0 Å². The molecular weight excluding hydrogens is 378 g/mol. The van der Waals surface area contributed by atoms with Crippen LogP contribution in [0, 0.1) is 6.92 Å². The van der Waals surface area contributed by atoms with Crippen LogP contribution in [0.5, 0.6) is 11.5 Å². The molecule has 0 amide bonds. The smallest absolute Gasteiger partial charge is 0.138 e. The normalized spacial score (nSPS) is 17.8. The Morgan fingerprint density at radius 1 is 0.897 bits per heavy atom. The van der Waals surface area contributed by atoms with Gasteiger partial charge in [0.05, 0.1) is 19.2 Å². The molecule has 29 heavy (non-hydrogen) atoms. The fourth-order valence-electron chi connectivity index (χ4n) is 4.41. The molecule has 5 rings (SSSR count). The number of fused-ring (bicyclic) bond motifs is 4. The second kappa shape index (κ2) is 7.77. The second-order valence-electron chi connectivity index (χ2n) is 7.92. The number of methoxy groups -OCH3 is 1. The monoisotopic (exact) mass is 403 g/mol. The molecule has 1 unspecified atom stereocenters. The molecule has 0 aromatic heterocycles. The van der Waals surface area contributed by atoms with Gasteiger partial charge in [-0.1, -0.05) is 29.8 Å². The fraction of sp³-hybridized carbons (Fsp3) is 0.280. The summed E-state index contributed by atoms with van der Waals surface area (Å²) in [6.07, 6.45) is 2.14. The van der Waals surface area contributed by atoms with Crippen LogP contribution in [0.4, 0.5) is 0 Å². The molecular formula is C25H25NO2S. The molecule has 2 heterocycles. The summed E-state index contributed by atoms with van der Waals surface area (Å²) in [6, 6.07) is 22.0. The Kier molecular flexibility index (Phi) is 4.98. The van der Waals surface area contributed by atoms with Gasteiger partial charge in [0.15, 0.2) is 0 Å². The zero-order valence-corrected chi connectivity index (χ0v) is 17.7. The standard InChI is InChI=1S/C25H25NO2S/c1-17-3-8-23(9-4-17)29-28-22-6-5-18-15-25-24-10-7-21(27-2)13-19(24)11-12-26(25)16-20(18)14-22/h3-10,13-14,25H,11-12,15-16H2,1-2H3. The molecule has 4 heteroatoms. The third-order valence-corrected chi connectivity index (χ3v) is 6.78. The molecule has 0 spiro atoms. The van der Waals surface area contributed by atoms with Crippen LogP contribution in [0.25, 0.3) is 0 Å². The second-order valence-corrected chi connectivity index (χ2v) is 8.72. The van der Waals surface area contributed by atoms with Crippen LogP contribution in [0.1, 0.15) is 33.9 Å². The van der Waals surface area contributed by atoms with Crippen molar-refractivity contribution in [1.82, 2.24) is 4.90 Å². The first-order valence-electron chi connectivity index (χ1n) is 10.1. The number of hydrogen-bond acceptors (Lipinski definition) is 4. The molecule has 0 saturated carbocycles. The van der Waals surface area contributed by atoms with Crippen LogP contribution < -0.4 is 8.92 Å². The summed E-state index contributed by atoms with van der Waals surface area (Å²) in [5.41, 5.74) is 6.98. The largest absolute Gasteiger partial charge is 0.497 e. The van der Waals surface area contributed by atoms with Gasteiger partial charge in [-0.2, -0.15) is 0 Å². The number of nitrogens with zero attached hydrogens (tertiary/aromatic N) is 1. The third-order valence-electron chi connectivity index (χ3n) is 6.04. The lowest BCUT2D eigenvalue weighted by Crippen LogP contribution is -2.39. The van der Waals surface area contributed by atoms with E-state index in [1.165, 1.54) is 39.9 Å². The number of rotatable bonds is 4. The van der Waals surface area contributed by atoms with Crippen LogP contribution in [-0.2, 0) is 19.4 Å². The first-order valence-corrected chi connectivity index (χ1v) is 10.9. The van der Waals surface area contributed by atoms with E-state index in [4.69, 9.17) is 8.92 Å². The maximum atomic E-state index is 6.00. The van der Waals surface area contributed by atoms with E-state index in [-0.39, 0.29) is 0 Å². The SMILES string of the molecule is COc1ccc2c(c1)CCN1Cc3cc(OSc4ccc(C)cc4)ccc3CC21. The van der Waals surface area contributed by atoms with Crippen molar-refractivity contribution in [2.24, 2.45) is 0 Å². The molecule has 0 fully saturated rings. The van der Waals surface area contributed by atoms with E-state index < -0.39 is 0 Å². The summed E-state index contributed by atoms with van der Waals surface area (Å²) in [4.78, 5) is 3.73. The van der Waals surface area contributed by atoms with Gasteiger partial charge in [-0.25, -0.2) is 0 Å². The summed E-state index contributed by atoms with van der Waals surface area (Å²) in [6.45, 7) is 4.17. The van der Waals surface area contributed by atoms with Gasteiger partial charge in [0.25, 0.3) is 0 Å². The van der Waals surface area contributed by atoms with Crippen LogP contribution in [0.3, 0.4) is 0 Å². The van der Waals surface area contributed by atoms with E-state index in [2.05, 4.69) is 72.5 Å². The molecule has 0 N–H and O–H groups in total. The van der Waals surface area contributed by atoms with E-state index in [9.17, 15) is 0 Å². The molecule has 148 valence electrons. The summed E-state index contributed by atoms with van der Waals surface area (Å²) >= 11 is 1.42. The van der Waals surface area contributed by atoms with Gasteiger partial charge in [-0.15, -0.1) is 0 Å². The molecule has 3 aromatic carbocycles. The van der Waals surface area contributed by atoms with E-state index in [0.29, 0.717) is 6.04 Å². The molecule has 2 aliphatic heterocycles. The van der Waals surface area contributed by atoms with E-state index >= 15 is 0 Å². The molecule has 0 aliphatic carbocycles. The highest BCUT2D eigenvalue weighted by Crippen LogP contribution is 2.40. The number of benzene rings is 3. The Labute approximate surface area is 176 Å². The first-order chi connectivity index (χ1) is 14.2. The van der Waals surface area contributed by atoms with Crippen molar-refractivity contribution in [1.29, 1.82) is 0 Å². The van der Waals surface area contributed by atoms with Crippen LogP contribution in [0.2, 0.25) is 0 Å². The topological polar surface area (TPSA) is 21.7 Å². The molecule has 1 atom stereocenters. The zero-order chi connectivity index (χ0) is 19.8. The van der Waals surface area contributed by atoms with Gasteiger partial charge >= 0.3 is 0 Å². The summed E-state index contributed by atoms with van der Waals surface area (Å²) in [5.74, 6) is 1.89. The van der Waals surface area contributed by atoms with Gasteiger partial charge in [-0.3, -0.25) is 4.90 Å². The van der Waals surface area contributed by atoms with Crippen LogP contribution in [-0.4, -0.2) is 18.6 Å². The molecule has 3 nitrogen and oxygen atoms in total. The Hall–Kier alpha value is -2.43. The quantitative estimate of drug-likeness (QED) is 0.518. The van der Waals surface area contributed by atoms with Crippen molar-refractivity contribution in [3.63, 3.8) is 0 Å². The first kappa shape index (κ1) is 18.6. The predicted molar refractivity (Wildman–Crippen MR) is 118 cm³/mol. The number of hydrogen-bond donors (Lipinski definition) is 0. The van der Waals surface area contributed by atoms with Gasteiger partial charge in [0.2, 0.25) is 0 Å². The lowest BCUT2D eigenvalue weighted by molar-refractivity contribution is 0.160. The van der Waals surface area contributed by atoms with E-state index in [0.717, 1.165) is 42.3 Å². The van der Waals surface area contributed by atoms with Crippen molar-refractivity contribution >= 4 is 12.0 Å². The van der Waals surface area contributed by atoms with Gasteiger partial charge in [0.1, 0.15) is 11.5 Å². The molecule has 3 aromatic rings. The third kappa shape index (κ3) is 3.75. The van der Waals surface area contributed by atoms with Crippen molar-refractivity contribution < 1.29 is 8.92 Å². The summed E-state index contributed by atoms with van der Waals surface area (Å²) in [5, 5.41) is 0. The Balaban J connectivity index is 1.33. The minimum absolute atomic E-state index is 0.464. The average Bonchev–Trinajstić information content (AvgIpc) is 2.76. The lowest BCUT2D eigenvalue weighted by Gasteiger charge is -2.41. The summed E-state index contributed by atoms with van der Waals surface area (Å²) < 4.78 is 11.4. The maximum absolute atomic E-state index is 6.00. The van der Waals surface area contributed by atoms with Crippen molar-refractivity contribution in [2.45, 2.75) is 37.2 Å². The molecule has 0 bridgehead atoms. The zero-order valence-electron chi connectivity index (χ0n) is 16.9. The predicted octanol–water partition coefficient (Wildman–Crippen LogP) is 5.75. The van der Waals surface area contributed by atoms with Crippen LogP contribution >= 0.6 is 12.0 Å². The Bertz CT molecular complexity index is 1030. The highest BCUT2D eigenvalue weighted by atomic mass is 32.2. The van der Waals surface area contributed by atoms with Crippen molar-refractivity contribution in [3.8, 4) is 11.5 Å². The maximum Gasteiger partial charge on any atom is 0.138 e. The van der Waals surface area contributed by atoms with Gasteiger partial charge < -0.3 is 8.92 Å². The minimum atomic E-state index is 0.464. The molecule has 2 aliphatic rings. The lowest BCUT2D eigenvalue weighted by atomic mass is 9.84. The Morgan fingerprint density at radius 2 is 1.69 bits per heavy atom. The summed E-state index contributed by atoms with van der Waals surface area (Å²) in [7, 11) is 1.74. The fourth-order valence-corrected chi connectivity index (χ4v) is 4.96. The van der Waals surface area contributed by atoms with Crippen LogP contribution in [0.15, 0.2) is 65.6 Å². The molecule has 0 saturated heterocycles. The van der Waals surface area contributed by atoms with Crippen molar-refractivity contribution in [2.75, 3.05) is 13.7 Å². The number of aryl methyl sites for hydroxylation is 1. The Morgan fingerprint density at radius 3 is 2.52 bits per heavy atom. The van der Waals surface area contributed by atoms with E-state index in [1.807, 2.05) is 0 Å². The van der Waals surface area contributed by atoms with E-state index in [1.54, 1.807) is 7.11 Å².